The summed E-state index contributed by atoms with van der Waals surface area (Å²) in [5, 5.41) is 13.1. The largest absolute Gasteiger partial charge is 0.375 e. The van der Waals surface area contributed by atoms with Gasteiger partial charge in [-0.3, -0.25) is 14.9 Å². The van der Waals surface area contributed by atoms with Gasteiger partial charge in [0.1, 0.15) is 5.56 Å². The van der Waals surface area contributed by atoms with Crippen molar-refractivity contribution in [2.45, 2.75) is 6.92 Å². The zero-order valence-electron chi connectivity index (χ0n) is 10.9. The summed E-state index contributed by atoms with van der Waals surface area (Å²) < 4.78 is 5.20. The fourth-order valence-corrected chi connectivity index (χ4v) is 1.59. The lowest BCUT2D eigenvalue weighted by Gasteiger charge is -2.07. The van der Waals surface area contributed by atoms with Gasteiger partial charge in [0, 0.05) is 12.7 Å². The number of nitrogens with one attached hydrogen (secondary N) is 1. The van der Waals surface area contributed by atoms with Crippen LogP contribution >= 0.6 is 11.6 Å². The molecule has 0 atom stereocenters. The zero-order valence-corrected chi connectivity index (χ0v) is 11.6. The molecule has 20 heavy (non-hydrogen) atoms. The summed E-state index contributed by atoms with van der Waals surface area (Å²) in [5.41, 5.74) is 0.234. The third-order valence-electron chi connectivity index (χ3n) is 2.19. The van der Waals surface area contributed by atoms with Crippen LogP contribution in [0.5, 0.6) is 0 Å². The van der Waals surface area contributed by atoms with Gasteiger partial charge in [-0.25, -0.2) is 4.98 Å². The van der Waals surface area contributed by atoms with Gasteiger partial charge in [0.2, 0.25) is 5.15 Å². The number of nitro groups is 1. The van der Waals surface area contributed by atoms with E-state index in [9.17, 15) is 14.9 Å². The molecule has 0 spiro atoms. The molecule has 0 aliphatic heterocycles. The van der Waals surface area contributed by atoms with E-state index in [1.165, 1.54) is 12.3 Å². The molecule has 1 heterocycles. The molecule has 0 unspecified atom stereocenters. The molecule has 7 nitrogen and oxygen atoms in total. The molecule has 0 saturated carbocycles. The Morgan fingerprint density at radius 2 is 2.35 bits per heavy atom. The predicted octanol–water partition coefficient (Wildman–Crippen LogP) is 1.97. The van der Waals surface area contributed by atoms with Crippen LogP contribution in [0.15, 0.2) is 24.4 Å². The Kier molecular flexibility index (Phi) is 6.08. The first kappa shape index (κ1) is 16.1. The molecule has 1 rings (SSSR count). The first-order valence-corrected chi connectivity index (χ1v) is 6.10. The minimum Gasteiger partial charge on any atom is -0.375 e. The molecule has 1 aromatic rings. The van der Waals surface area contributed by atoms with Crippen LogP contribution in [0, 0.1) is 10.1 Å². The summed E-state index contributed by atoms with van der Waals surface area (Å²) in [6.45, 7) is 6.40. The highest BCUT2D eigenvalue weighted by atomic mass is 35.5. The SMILES string of the molecule is C=C(C)COCCNC(=O)c1ccnc(Cl)c1[N+](=O)[O-]. The molecule has 0 aromatic carbocycles. The van der Waals surface area contributed by atoms with Crippen LogP contribution in [0.3, 0.4) is 0 Å². The van der Waals surface area contributed by atoms with Crippen LogP contribution in [0.1, 0.15) is 17.3 Å². The minimum absolute atomic E-state index is 0.130. The number of hydrogen-bond acceptors (Lipinski definition) is 5. The number of rotatable bonds is 7. The van der Waals surface area contributed by atoms with Gasteiger partial charge in [0.25, 0.3) is 5.91 Å². The maximum absolute atomic E-state index is 11.8. The summed E-state index contributed by atoms with van der Waals surface area (Å²) in [6, 6.07) is 1.24. The number of pyridine rings is 1. The number of carbonyl (C=O) groups excluding carboxylic acids is 1. The highest BCUT2D eigenvalue weighted by molar-refractivity contribution is 6.32. The van der Waals surface area contributed by atoms with E-state index in [-0.39, 0.29) is 23.9 Å². The Morgan fingerprint density at radius 1 is 1.65 bits per heavy atom. The highest BCUT2D eigenvalue weighted by Gasteiger charge is 2.24. The number of nitrogens with zero attached hydrogens (tertiary/aromatic N) is 2. The number of hydrogen-bond donors (Lipinski definition) is 1. The van der Waals surface area contributed by atoms with Crippen LogP contribution < -0.4 is 5.32 Å². The fourth-order valence-electron chi connectivity index (χ4n) is 1.36. The third-order valence-corrected chi connectivity index (χ3v) is 2.46. The van der Waals surface area contributed by atoms with Gasteiger partial charge in [-0.05, 0) is 13.0 Å². The predicted molar refractivity (Wildman–Crippen MR) is 73.9 cm³/mol. The van der Waals surface area contributed by atoms with Gasteiger partial charge in [0.15, 0.2) is 0 Å². The van der Waals surface area contributed by atoms with Crippen LogP contribution in [-0.2, 0) is 4.74 Å². The van der Waals surface area contributed by atoms with Crippen LogP contribution in [0.4, 0.5) is 5.69 Å². The van der Waals surface area contributed by atoms with Gasteiger partial charge in [-0.1, -0.05) is 23.8 Å². The van der Waals surface area contributed by atoms with Crippen molar-refractivity contribution in [3.8, 4) is 0 Å². The summed E-state index contributed by atoms with van der Waals surface area (Å²) >= 11 is 5.62. The van der Waals surface area contributed by atoms with Gasteiger partial charge in [0.05, 0.1) is 18.1 Å². The molecule has 0 radical (unpaired) electrons. The molecule has 0 saturated heterocycles. The van der Waals surface area contributed by atoms with E-state index in [0.29, 0.717) is 6.61 Å². The fraction of sp³-hybridized carbons (Fsp3) is 0.333. The van der Waals surface area contributed by atoms with Gasteiger partial charge >= 0.3 is 5.69 Å². The van der Waals surface area contributed by atoms with E-state index < -0.39 is 16.5 Å². The van der Waals surface area contributed by atoms with Crippen LogP contribution in [0.2, 0.25) is 5.15 Å². The average molecular weight is 300 g/mol. The second-order valence-corrected chi connectivity index (χ2v) is 4.38. The Hall–Kier alpha value is -1.99. The minimum atomic E-state index is -0.734. The van der Waals surface area contributed by atoms with Crippen molar-refractivity contribution in [1.82, 2.24) is 10.3 Å². The monoisotopic (exact) mass is 299 g/mol. The van der Waals surface area contributed by atoms with E-state index in [0.717, 1.165) is 5.57 Å². The summed E-state index contributed by atoms with van der Waals surface area (Å²) in [6.07, 6.45) is 1.24. The Balaban J connectivity index is 2.62. The molecular formula is C12H14ClN3O4. The molecule has 1 amide bonds. The highest BCUT2D eigenvalue weighted by Crippen LogP contribution is 2.25. The molecule has 0 aliphatic carbocycles. The van der Waals surface area contributed by atoms with Crippen molar-refractivity contribution in [1.29, 1.82) is 0 Å². The van der Waals surface area contributed by atoms with E-state index in [4.69, 9.17) is 16.3 Å². The summed E-state index contributed by atoms with van der Waals surface area (Å²) in [4.78, 5) is 25.6. The summed E-state index contributed by atoms with van der Waals surface area (Å²) in [5.74, 6) is -0.597. The standard InChI is InChI=1S/C12H14ClN3O4/c1-8(2)7-20-6-5-15-12(17)9-3-4-14-11(13)10(9)16(18)19/h3-4H,1,5-7H2,2H3,(H,15,17). The van der Waals surface area contributed by atoms with E-state index in [1.54, 1.807) is 0 Å². The molecule has 0 fully saturated rings. The second kappa shape index (κ2) is 7.56. The normalized spacial score (nSPS) is 10.1. The molecule has 0 aliphatic rings. The number of ether oxygens (including phenoxy) is 1. The Bertz CT molecular complexity index is 533. The lowest BCUT2D eigenvalue weighted by Crippen LogP contribution is -2.28. The molecular weight excluding hydrogens is 286 g/mol. The van der Waals surface area contributed by atoms with Crippen molar-refractivity contribution in [2.75, 3.05) is 19.8 Å². The van der Waals surface area contributed by atoms with Crippen molar-refractivity contribution < 1.29 is 14.5 Å². The zero-order chi connectivity index (χ0) is 15.1. The van der Waals surface area contributed by atoms with Crippen LogP contribution in [-0.4, -0.2) is 35.6 Å². The van der Waals surface area contributed by atoms with E-state index in [1.807, 2.05) is 6.92 Å². The van der Waals surface area contributed by atoms with E-state index in [2.05, 4.69) is 16.9 Å². The quantitative estimate of drug-likeness (QED) is 0.273. The smallest absolute Gasteiger partial charge is 0.319 e. The Labute approximate surface area is 120 Å². The van der Waals surface area contributed by atoms with Gasteiger partial charge in [-0.2, -0.15) is 0 Å². The maximum atomic E-state index is 11.8. The van der Waals surface area contributed by atoms with Gasteiger partial charge in [-0.15, -0.1) is 0 Å². The average Bonchev–Trinajstić information content (AvgIpc) is 2.36. The number of aromatic nitrogens is 1. The lowest BCUT2D eigenvalue weighted by molar-refractivity contribution is -0.385. The van der Waals surface area contributed by atoms with E-state index >= 15 is 0 Å². The molecule has 1 aromatic heterocycles. The number of amides is 1. The topological polar surface area (TPSA) is 94.4 Å². The van der Waals surface area contributed by atoms with Crippen molar-refractivity contribution >= 4 is 23.2 Å². The molecule has 0 bridgehead atoms. The number of halogens is 1. The summed E-state index contributed by atoms with van der Waals surface area (Å²) in [7, 11) is 0. The lowest BCUT2D eigenvalue weighted by atomic mass is 10.2. The van der Waals surface area contributed by atoms with Crippen molar-refractivity contribution in [3.05, 3.63) is 45.2 Å². The van der Waals surface area contributed by atoms with Crippen molar-refractivity contribution in [3.63, 3.8) is 0 Å². The third kappa shape index (κ3) is 4.60. The molecule has 8 heteroatoms. The number of carbonyl (C=O) groups is 1. The Morgan fingerprint density at radius 3 is 2.95 bits per heavy atom. The van der Waals surface area contributed by atoms with Gasteiger partial charge < -0.3 is 10.1 Å². The second-order valence-electron chi connectivity index (χ2n) is 4.02. The van der Waals surface area contributed by atoms with Crippen LogP contribution in [0.25, 0.3) is 0 Å². The first-order valence-electron chi connectivity index (χ1n) is 5.72. The first-order chi connectivity index (χ1) is 9.43. The molecule has 1 N–H and O–H groups in total. The van der Waals surface area contributed by atoms with Crippen molar-refractivity contribution in [2.24, 2.45) is 0 Å². The maximum Gasteiger partial charge on any atom is 0.319 e. The molecule has 108 valence electrons.